The highest BCUT2D eigenvalue weighted by molar-refractivity contribution is 6.18. The summed E-state index contributed by atoms with van der Waals surface area (Å²) in [4.78, 5) is 0. The number of hydrogen-bond acceptors (Lipinski definition) is 1. The van der Waals surface area contributed by atoms with Crippen LogP contribution in [0.5, 0.6) is 0 Å². The van der Waals surface area contributed by atoms with Gasteiger partial charge in [0.15, 0.2) is 0 Å². The molecule has 1 aliphatic rings. The van der Waals surface area contributed by atoms with Crippen LogP contribution >= 0.6 is 11.6 Å². The highest BCUT2D eigenvalue weighted by Gasteiger charge is 2.35. The fraction of sp³-hybridized carbons (Fsp3) is 1.00. The van der Waals surface area contributed by atoms with E-state index in [-0.39, 0.29) is 0 Å². The molecule has 2 atom stereocenters. The van der Waals surface area contributed by atoms with Crippen LogP contribution in [-0.4, -0.2) is 18.1 Å². The SMILES string of the molecule is CCC1OC1CCl. The molecule has 0 amide bonds. The largest absolute Gasteiger partial charge is 0.368 e. The molecule has 2 unspecified atom stereocenters. The molecule has 1 nitrogen and oxygen atoms in total. The molecule has 1 saturated heterocycles. The lowest BCUT2D eigenvalue weighted by Gasteiger charge is -1.76. The second-order valence-electron chi connectivity index (χ2n) is 1.78. The zero-order valence-electron chi connectivity index (χ0n) is 4.36. The summed E-state index contributed by atoms with van der Waals surface area (Å²) >= 11 is 5.45. The van der Waals surface area contributed by atoms with E-state index in [0.717, 1.165) is 6.42 Å². The van der Waals surface area contributed by atoms with Crippen molar-refractivity contribution in [1.29, 1.82) is 0 Å². The lowest BCUT2D eigenvalue weighted by molar-refractivity contribution is 0.376. The van der Waals surface area contributed by atoms with Crippen LogP contribution in [0, 0.1) is 0 Å². The molecule has 0 N–H and O–H groups in total. The summed E-state index contributed by atoms with van der Waals surface area (Å²) in [5.41, 5.74) is 0. The number of alkyl halides is 1. The van der Waals surface area contributed by atoms with Gasteiger partial charge in [0.05, 0.1) is 18.1 Å². The number of hydrogen-bond donors (Lipinski definition) is 0. The van der Waals surface area contributed by atoms with Gasteiger partial charge in [-0.2, -0.15) is 0 Å². The summed E-state index contributed by atoms with van der Waals surface area (Å²) in [6, 6.07) is 0. The first-order valence-corrected chi connectivity index (χ1v) is 3.13. The number of epoxide rings is 1. The van der Waals surface area contributed by atoms with Crippen LogP contribution in [0.15, 0.2) is 0 Å². The highest BCUT2D eigenvalue weighted by atomic mass is 35.5. The topological polar surface area (TPSA) is 12.5 Å². The Balaban J connectivity index is 2.06. The van der Waals surface area contributed by atoms with Gasteiger partial charge in [-0.15, -0.1) is 11.6 Å². The molecule has 0 aliphatic carbocycles. The zero-order valence-corrected chi connectivity index (χ0v) is 5.11. The van der Waals surface area contributed by atoms with E-state index in [2.05, 4.69) is 6.92 Å². The summed E-state index contributed by atoms with van der Waals surface area (Å²) < 4.78 is 5.08. The summed E-state index contributed by atoms with van der Waals surface area (Å²) in [6.45, 7) is 2.11. The van der Waals surface area contributed by atoms with Gasteiger partial charge in [-0.25, -0.2) is 0 Å². The quantitative estimate of drug-likeness (QED) is 0.397. The Morgan fingerprint density at radius 2 is 2.29 bits per heavy atom. The van der Waals surface area contributed by atoms with Crippen molar-refractivity contribution in [3.8, 4) is 0 Å². The van der Waals surface area contributed by atoms with Crippen LogP contribution in [-0.2, 0) is 4.74 Å². The molecule has 7 heavy (non-hydrogen) atoms. The molecule has 0 aromatic rings. The molecular formula is C5H9ClO. The van der Waals surface area contributed by atoms with Crippen molar-refractivity contribution in [1.82, 2.24) is 0 Å². The van der Waals surface area contributed by atoms with Crippen LogP contribution in [0.2, 0.25) is 0 Å². The predicted octanol–water partition coefficient (Wildman–Crippen LogP) is 1.40. The molecule has 2 heteroatoms. The Labute approximate surface area is 48.6 Å². The van der Waals surface area contributed by atoms with Crippen LogP contribution in [0.1, 0.15) is 13.3 Å². The molecule has 0 aromatic carbocycles. The first-order valence-electron chi connectivity index (χ1n) is 2.60. The van der Waals surface area contributed by atoms with Crippen LogP contribution < -0.4 is 0 Å². The van der Waals surface area contributed by atoms with Gasteiger partial charge in [0.2, 0.25) is 0 Å². The fourth-order valence-corrected chi connectivity index (χ4v) is 0.945. The number of ether oxygens (including phenoxy) is 1. The Morgan fingerprint density at radius 1 is 1.57 bits per heavy atom. The maximum Gasteiger partial charge on any atom is 0.0976 e. The normalized spacial score (nSPS) is 38.6. The average Bonchev–Trinajstić information content (AvgIpc) is 2.43. The Morgan fingerprint density at radius 3 is 2.43 bits per heavy atom. The van der Waals surface area contributed by atoms with Gasteiger partial charge in [0.1, 0.15) is 0 Å². The molecule has 1 rings (SSSR count). The highest BCUT2D eigenvalue weighted by Crippen LogP contribution is 2.25. The molecule has 1 aliphatic heterocycles. The Hall–Kier alpha value is 0.250. The predicted molar refractivity (Wildman–Crippen MR) is 29.7 cm³/mol. The van der Waals surface area contributed by atoms with Crippen molar-refractivity contribution in [3.63, 3.8) is 0 Å². The summed E-state index contributed by atoms with van der Waals surface area (Å²) in [7, 11) is 0. The van der Waals surface area contributed by atoms with Gasteiger partial charge >= 0.3 is 0 Å². The lowest BCUT2D eigenvalue weighted by Crippen LogP contribution is -1.91. The Kier molecular flexibility index (Phi) is 1.55. The molecule has 1 heterocycles. The van der Waals surface area contributed by atoms with Crippen LogP contribution in [0.25, 0.3) is 0 Å². The zero-order chi connectivity index (χ0) is 5.28. The van der Waals surface area contributed by atoms with Gasteiger partial charge in [-0.3, -0.25) is 0 Å². The van der Waals surface area contributed by atoms with E-state index in [0.29, 0.717) is 18.1 Å². The van der Waals surface area contributed by atoms with Gasteiger partial charge in [0, 0.05) is 0 Å². The van der Waals surface area contributed by atoms with Gasteiger partial charge in [-0.1, -0.05) is 6.92 Å². The molecule has 0 bridgehead atoms. The minimum atomic E-state index is 0.381. The molecule has 0 radical (unpaired) electrons. The first kappa shape index (κ1) is 5.39. The molecule has 1 fully saturated rings. The van der Waals surface area contributed by atoms with E-state index in [9.17, 15) is 0 Å². The first-order chi connectivity index (χ1) is 3.38. The Bertz CT molecular complexity index is 57.1. The van der Waals surface area contributed by atoms with E-state index >= 15 is 0 Å². The van der Waals surface area contributed by atoms with E-state index < -0.39 is 0 Å². The van der Waals surface area contributed by atoms with E-state index in [1.165, 1.54) is 0 Å². The third kappa shape index (κ3) is 1.07. The van der Waals surface area contributed by atoms with Crippen LogP contribution in [0.3, 0.4) is 0 Å². The van der Waals surface area contributed by atoms with Gasteiger partial charge in [0.25, 0.3) is 0 Å². The second-order valence-corrected chi connectivity index (χ2v) is 2.08. The van der Waals surface area contributed by atoms with Crippen molar-refractivity contribution >= 4 is 11.6 Å². The second kappa shape index (κ2) is 2.01. The maximum absolute atomic E-state index is 5.45. The van der Waals surface area contributed by atoms with Crippen molar-refractivity contribution in [3.05, 3.63) is 0 Å². The van der Waals surface area contributed by atoms with Crippen molar-refractivity contribution < 1.29 is 4.74 Å². The average molecular weight is 121 g/mol. The molecule has 42 valence electrons. The van der Waals surface area contributed by atoms with Crippen molar-refractivity contribution in [2.24, 2.45) is 0 Å². The van der Waals surface area contributed by atoms with E-state index in [1.54, 1.807) is 0 Å². The van der Waals surface area contributed by atoms with Crippen molar-refractivity contribution in [2.45, 2.75) is 25.6 Å². The van der Waals surface area contributed by atoms with Gasteiger partial charge in [-0.05, 0) is 6.42 Å². The summed E-state index contributed by atoms with van der Waals surface area (Å²) in [5, 5.41) is 0. The lowest BCUT2D eigenvalue weighted by atomic mass is 10.3. The van der Waals surface area contributed by atoms with Crippen LogP contribution in [0.4, 0.5) is 0 Å². The van der Waals surface area contributed by atoms with E-state index in [1.807, 2.05) is 0 Å². The van der Waals surface area contributed by atoms with Crippen molar-refractivity contribution in [2.75, 3.05) is 5.88 Å². The molecular weight excluding hydrogens is 112 g/mol. The molecule has 0 spiro atoms. The minimum absolute atomic E-state index is 0.381. The number of rotatable bonds is 2. The third-order valence-corrected chi connectivity index (χ3v) is 1.55. The monoisotopic (exact) mass is 120 g/mol. The molecule has 0 saturated carbocycles. The van der Waals surface area contributed by atoms with Gasteiger partial charge < -0.3 is 4.74 Å². The summed E-state index contributed by atoms with van der Waals surface area (Å²) in [5.74, 6) is 0.665. The molecule has 0 aromatic heterocycles. The minimum Gasteiger partial charge on any atom is -0.368 e. The maximum atomic E-state index is 5.45. The standard InChI is InChI=1S/C5H9ClO/c1-2-4-5(3-6)7-4/h4-5H,2-3H2,1H3. The number of halogens is 1. The fourth-order valence-electron chi connectivity index (χ4n) is 0.674. The summed E-state index contributed by atoms with van der Waals surface area (Å²) in [6.07, 6.45) is 1.97. The third-order valence-electron chi connectivity index (χ3n) is 1.24. The van der Waals surface area contributed by atoms with E-state index in [4.69, 9.17) is 16.3 Å². The smallest absolute Gasteiger partial charge is 0.0976 e.